The van der Waals surface area contributed by atoms with E-state index in [2.05, 4.69) is 10.3 Å². The Bertz CT molecular complexity index is 306. The molecule has 0 spiro atoms. The topological polar surface area (TPSA) is 29.9 Å². The zero-order valence-electron chi connectivity index (χ0n) is 8.67. The van der Waals surface area contributed by atoms with Gasteiger partial charge in [0, 0.05) is 25.8 Å². The molecular formula is C9H14F3N3. The number of hydrogen-bond acceptors (Lipinski definition) is 2. The van der Waals surface area contributed by atoms with Gasteiger partial charge in [-0.1, -0.05) is 0 Å². The Kier molecular flexibility index (Phi) is 3.73. The maximum absolute atomic E-state index is 12.0. The minimum atomic E-state index is -4.11. The molecule has 0 aromatic carbocycles. The Morgan fingerprint density at radius 1 is 1.53 bits per heavy atom. The number of nitrogens with zero attached hydrogens (tertiary/aromatic N) is 2. The molecule has 0 aliphatic carbocycles. The molecule has 1 unspecified atom stereocenters. The predicted octanol–water partition coefficient (Wildman–Crippen LogP) is 1.85. The molecule has 6 heteroatoms. The number of nitrogens with one attached hydrogen (secondary N) is 1. The lowest BCUT2D eigenvalue weighted by atomic mass is 10.2. The third-order valence-electron chi connectivity index (χ3n) is 2.09. The van der Waals surface area contributed by atoms with Gasteiger partial charge in [0.15, 0.2) is 0 Å². The van der Waals surface area contributed by atoms with Crippen molar-refractivity contribution in [2.75, 3.05) is 0 Å². The first-order valence-corrected chi connectivity index (χ1v) is 4.64. The predicted molar refractivity (Wildman–Crippen MR) is 50.2 cm³/mol. The monoisotopic (exact) mass is 221 g/mol. The normalized spacial score (nSPS) is 14.2. The third-order valence-corrected chi connectivity index (χ3v) is 2.09. The number of alkyl halides is 3. The summed E-state index contributed by atoms with van der Waals surface area (Å²) >= 11 is 0. The maximum Gasteiger partial charge on any atom is 0.390 e. The zero-order valence-corrected chi connectivity index (χ0v) is 8.67. The van der Waals surface area contributed by atoms with Gasteiger partial charge in [0.1, 0.15) is 0 Å². The van der Waals surface area contributed by atoms with Gasteiger partial charge < -0.3 is 9.88 Å². The van der Waals surface area contributed by atoms with Crippen molar-refractivity contribution in [1.29, 1.82) is 0 Å². The Labute approximate surface area is 86.3 Å². The lowest BCUT2D eigenvalue weighted by Crippen LogP contribution is -2.31. The molecule has 86 valence electrons. The van der Waals surface area contributed by atoms with E-state index in [0.29, 0.717) is 6.54 Å². The van der Waals surface area contributed by atoms with Crippen LogP contribution in [0.1, 0.15) is 19.0 Å². The molecule has 0 saturated carbocycles. The molecule has 3 nitrogen and oxygen atoms in total. The van der Waals surface area contributed by atoms with E-state index < -0.39 is 18.6 Å². The van der Waals surface area contributed by atoms with E-state index in [4.69, 9.17) is 0 Å². The highest BCUT2D eigenvalue weighted by Gasteiger charge is 2.29. The van der Waals surface area contributed by atoms with Crippen LogP contribution < -0.4 is 5.32 Å². The summed E-state index contributed by atoms with van der Waals surface area (Å²) < 4.78 is 37.8. The van der Waals surface area contributed by atoms with Crippen molar-refractivity contribution in [2.24, 2.45) is 7.05 Å². The number of rotatable bonds is 4. The molecule has 0 fully saturated rings. The van der Waals surface area contributed by atoms with Crippen molar-refractivity contribution in [3.63, 3.8) is 0 Å². The van der Waals surface area contributed by atoms with Crippen molar-refractivity contribution < 1.29 is 13.2 Å². The fourth-order valence-corrected chi connectivity index (χ4v) is 1.25. The Hall–Kier alpha value is -1.04. The van der Waals surface area contributed by atoms with Gasteiger partial charge in [0.05, 0.1) is 18.4 Å². The Morgan fingerprint density at radius 2 is 2.20 bits per heavy atom. The van der Waals surface area contributed by atoms with Crippen LogP contribution in [0.15, 0.2) is 12.5 Å². The standard InChI is InChI=1S/C9H14F3N3/c1-7(3-9(10,11)12)14-5-8-4-13-6-15(8)2/h4,6-7,14H,3,5H2,1-2H3. The molecule has 0 aliphatic rings. The summed E-state index contributed by atoms with van der Waals surface area (Å²) in [5, 5.41) is 2.80. The molecule has 1 atom stereocenters. The highest BCUT2D eigenvalue weighted by Crippen LogP contribution is 2.21. The molecule has 15 heavy (non-hydrogen) atoms. The summed E-state index contributed by atoms with van der Waals surface area (Å²) in [5.41, 5.74) is 0.865. The van der Waals surface area contributed by atoms with E-state index >= 15 is 0 Å². The summed E-state index contributed by atoms with van der Waals surface area (Å²) in [7, 11) is 1.80. The molecule has 0 radical (unpaired) electrons. The van der Waals surface area contributed by atoms with Crippen molar-refractivity contribution in [3.05, 3.63) is 18.2 Å². The maximum atomic E-state index is 12.0. The van der Waals surface area contributed by atoms with Crippen molar-refractivity contribution in [2.45, 2.75) is 32.1 Å². The first-order chi connectivity index (χ1) is 6.88. The summed E-state index contributed by atoms with van der Waals surface area (Å²) in [6.07, 6.45) is -1.68. The summed E-state index contributed by atoms with van der Waals surface area (Å²) in [6, 6.07) is -0.583. The first kappa shape index (κ1) is 12.0. The minimum Gasteiger partial charge on any atom is -0.337 e. The van der Waals surface area contributed by atoms with Crippen LogP contribution in [0.4, 0.5) is 13.2 Å². The van der Waals surface area contributed by atoms with Crippen LogP contribution >= 0.6 is 0 Å². The van der Waals surface area contributed by atoms with Crippen LogP contribution in [0.25, 0.3) is 0 Å². The second-order valence-corrected chi connectivity index (χ2v) is 3.60. The van der Waals surface area contributed by atoms with Gasteiger partial charge in [-0.2, -0.15) is 13.2 Å². The molecular weight excluding hydrogens is 207 g/mol. The van der Waals surface area contributed by atoms with Gasteiger partial charge in [0.2, 0.25) is 0 Å². The lowest BCUT2D eigenvalue weighted by molar-refractivity contribution is -0.139. The van der Waals surface area contributed by atoms with Gasteiger partial charge in [-0.15, -0.1) is 0 Å². The molecule has 1 aromatic heterocycles. The lowest BCUT2D eigenvalue weighted by Gasteiger charge is -2.15. The van der Waals surface area contributed by atoms with Crippen LogP contribution in [0.3, 0.4) is 0 Å². The fraction of sp³-hybridized carbons (Fsp3) is 0.667. The average Bonchev–Trinajstić information content (AvgIpc) is 2.44. The number of imidazole rings is 1. The average molecular weight is 221 g/mol. The Morgan fingerprint density at radius 3 is 2.67 bits per heavy atom. The molecule has 1 heterocycles. The molecule has 1 N–H and O–H groups in total. The first-order valence-electron chi connectivity index (χ1n) is 4.64. The molecule has 1 aromatic rings. The number of aryl methyl sites for hydroxylation is 1. The largest absolute Gasteiger partial charge is 0.390 e. The van der Waals surface area contributed by atoms with Gasteiger partial charge in [-0.05, 0) is 6.92 Å². The number of aromatic nitrogens is 2. The number of halogens is 3. The third kappa shape index (κ3) is 4.33. The molecule has 0 aliphatic heterocycles. The summed E-state index contributed by atoms with van der Waals surface area (Å²) in [5.74, 6) is 0. The van der Waals surface area contributed by atoms with Gasteiger partial charge in [-0.25, -0.2) is 4.98 Å². The smallest absolute Gasteiger partial charge is 0.337 e. The zero-order chi connectivity index (χ0) is 11.5. The van der Waals surface area contributed by atoms with Gasteiger partial charge in [-0.3, -0.25) is 0 Å². The quantitative estimate of drug-likeness (QED) is 0.840. The number of hydrogen-bond donors (Lipinski definition) is 1. The second-order valence-electron chi connectivity index (χ2n) is 3.60. The van der Waals surface area contributed by atoms with Crippen LogP contribution in [0, 0.1) is 0 Å². The molecule has 0 amide bonds. The van der Waals surface area contributed by atoms with Crippen molar-refractivity contribution in [1.82, 2.24) is 14.9 Å². The van der Waals surface area contributed by atoms with Gasteiger partial charge in [0.25, 0.3) is 0 Å². The van der Waals surface area contributed by atoms with Crippen molar-refractivity contribution in [3.8, 4) is 0 Å². The molecule has 0 bridgehead atoms. The minimum absolute atomic E-state index is 0.397. The highest BCUT2D eigenvalue weighted by molar-refractivity contribution is 4.96. The SMILES string of the molecule is CC(CC(F)(F)F)NCc1cncn1C. The molecule has 1 rings (SSSR count). The van der Waals surface area contributed by atoms with E-state index in [1.54, 1.807) is 24.1 Å². The van der Waals surface area contributed by atoms with Crippen LogP contribution in [-0.2, 0) is 13.6 Å². The van der Waals surface area contributed by atoms with E-state index in [-0.39, 0.29) is 0 Å². The fourth-order valence-electron chi connectivity index (χ4n) is 1.25. The highest BCUT2D eigenvalue weighted by atomic mass is 19.4. The summed E-state index contributed by atoms with van der Waals surface area (Å²) in [6.45, 7) is 1.91. The second kappa shape index (κ2) is 4.65. The van der Waals surface area contributed by atoms with Crippen molar-refractivity contribution >= 4 is 0 Å². The van der Waals surface area contributed by atoms with Gasteiger partial charge >= 0.3 is 6.18 Å². The molecule has 0 saturated heterocycles. The summed E-state index contributed by atoms with van der Waals surface area (Å²) in [4.78, 5) is 3.87. The van der Waals surface area contributed by atoms with Crippen LogP contribution in [-0.4, -0.2) is 21.8 Å². The van der Waals surface area contributed by atoms with Crippen LogP contribution in [0.5, 0.6) is 0 Å². The van der Waals surface area contributed by atoms with Crippen LogP contribution in [0.2, 0.25) is 0 Å². The van der Waals surface area contributed by atoms with E-state index in [1.165, 1.54) is 6.92 Å². The Balaban J connectivity index is 2.35. The van der Waals surface area contributed by atoms with E-state index in [9.17, 15) is 13.2 Å². The van der Waals surface area contributed by atoms with E-state index in [0.717, 1.165) is 5.69 Å². The van der Waals surface area contributed by atoms with E-state index in [1.807, 2.05) is 0 Å².